The molecular formula is C14H20O4. The molecule has 0 fully saturated rings. The topological polar surface area (TPSA) is 60.4 Å². The van der Waals surface area contributed by atoms with E-state index in [-0.39, 0.29) is 23.9 Å². The second-order valence-corrected chi connectivity index (χ2v) is 5.83. The molecule has 100 valence electrons. The first kappa shape index (κ1) is 14.6. The Morgan fingerprint density at radius 1 is 1.39 bits per heavy atom. The van der Waals surface area contributed by atoms with Crippen LogP contribution in [0.25, 0.3) is 0 Å². The average molecular weight is 252 g/mol. The fourth-order valence-electron chi connectivity index (χ4n) is 2.16. The normalized spacial score (nSPS) is 28.1. The number of hydrogen-bond donors (Lipinski definition) is 0. The van der Waals surface area contributed by atoms with Crippen LogP contribution in [0.1, 0.15) is 41.0 Å². The number of esters is 1. The van der Waals surface area contributed by atoms with E-state index < -0.39 is 17.0 Å². The smallest absolute Gasteiger partial charge is 0.324 e. The summed E-state index contributed by atoms with van der Waals surface area (Å²) in [5, 5.41) is 0. The molecule has 0 heterocycles. The third-order valence-electron chi connectivity index (χ3n) is 3.14. The number of ether oxygens (including phenoxy) is 1. The molecule has 0 unspecified atom stereocenters. The quantitative estimate of drug-likeness (QED) is 0.557. The maximum Gasteiger partial charge on any atom is 0.324 e. The van der Waals surface area contributed by atoms with Crippen LogP contribution in [0.2, 0.25) is 0 Å². The van der Waals surface area contributed by atoms with Crippen molar-refractivity contribution in [2.45, 2.75) is 46.6 Å². The molecule has 0 aromatic rings. The highest BCUT2D eigenvalue weighted by Gasteiger charge is 2.50. The third kappa shape index (κ3) is 2.68. The highest BCUT2D eigenvalue weighted by Crippen LogP contribution is 2.38. The van der Waals surface area contributed by atoms with Gasteiger partial charge in [0.25, 0.3) is 0 Å². The van der Waals surface area contributed by atoms with Gasteiger partial charge < -0.3 is 4.74 Å². The summed E-state index contributed by atoms with van der Waals surface area (Å²) in [6, 6.07) is 0. The first-order valence-electron chi connectivity index (χ1n) is 6.06. The van der Waals surface area contributed by atoms with Crippen molar-refractivity contribution in [1.29, 1.82) is 0 Å². The monoisotopic (exact) mass is 252 g/mol. The molecule has 0 spiro atoms. The Labute approximate surface area is 107 Å². The summed E-state index contributed by atoms with van der Waals surface area (Å²) in [4.78, 5) is 35.5. The van der Waals surface area contributed by atoms with E-state index in [4.69, 9.17) is 4.74 Å². The molecule has 0 aliphatic heterocycles. The van der Waals surface area contributed by atoms with E-state index in [2.05, 4.69) is 0 Å². The summed E-state index contributed by atoms with van der Waals surface area (Å²) < 4.78 is 5.33. The van der Waals surface area contributed by atoms with Gasteiger partial charge in [0, 0.05) is 6.42 Å². The van der Waals surface area contributed by atoms with Crippen molar-refractivity contribution in [1.82, 2.24) is 0 Å². The highest BCUT2D eigenvalue weighted by atomic mass is 16.6. The number of rotatable bonds is 2. The van der Waals surface area contributed by atoms with Crippen molar-refractivity contribution in [2.75, 3.05) is 0 Å². The lowest BCUT2D eigenvalue weighted by atomic mass is 9.68. The lowest BCUT2D eigenvalue weighted by Gasteiger charge is -2.36. The highest BCUT2D eigenvalue weighted by molar-refractivity contribution is 6.08. The van der Waals surface area contributed by atoms with Crippen LogP contribution < -0.4 is 0 Å². The molecular weight excluding hydrogens is 232 g/mol. The number of ketones is 2. The first-order valence-corrected chi connectivity index (χ1v) is 6.06. The predicted molar refractivity (Wildman–Crippen MR) is 66.9 cm³/mol. The average Bonchev–Trinajstić information content (AvgIpc) is 2.13. The lowest BCUT2D eigenvalue weighted by Crippen LogP contribution is -2.47. The third-order valence-corrected chi connectivity index (χ3v) is 3.14. The van der Waals surface area contributed by atoms with Crippen molar-refractivity contribution in [2.24, 2.45) is 11.3 Å². The summed E-state index contributed by atoms with van der Waals surface area (Å²) in [6.07, 6.45) is 2.90. The molecule has 0 aromatic carbocycles. The van der Waals surface area contributed by atoms with Crippen molar-refractivity contribution in [3.63, 3.8) is 0 Å². The Hall–Kier alpha value is -1.45. The van der Waals surface area contributed by atoms with Gasteiger partial charge in [-0.3, -0.25) is 14.4 Å². The van der Waals surface area contributed by atoms with Gasteiger partial charge in [-0.2, -0.15) is 0 Å². The van der Waals surface area contributed by atoms with E-state index in [1.165, 1.54) is 19.1 Å². The largest absolute Gasteiger partial charge is 0.459 e. The van der Waals surface area contributed by atoms with E-state index in [0.29, 0.717) is 0 Å². The van der Waals surface area contributed by atoms with Crippen molar-refractivity contribution in [3.8, 4) is 0 Å². The lowest BCUT2D eigenvalue weighted by molar-refractivity contribution is -0.170. The Morgan fingerprint density at radius 2 is 1.94 bits per heavy atom. The molecule has 0 N–H and O–H groups in total. The van der Waals surface area contributed by atoms with Crippen LogP contribution in [0.3, 0.4) is 0 Å². The fraction of sp³-hybridized carbons (Fsp3) is 0.643. The van der Waals surface area contributed by atoms with Gasteiger partial charge in [0.05, 0.1) is 0 Å². The summed E-state index contributed by atoms with van der Waals surface area (Å²) >= 11 is 0. The maximum absolute atomic E-state index is 12.3. The van der Waals surface area contributed by atoms with E-state index in [1.807, 2.05) is 0 Å². The fourth-order valence-corrected chi connectivity index (χ4v) is 2.16. The van der Waals surface area contributed by atoms with Crippen LogP contribution in [0.4, 0.5) is 0 Å². The van der Waals surface area contributed by atoms with Gasteiger partial charge in [-0.15, -0.1) is 0 Å². The van der Waals surface area contributed by atoms with Gasteiger partial charge in [0.1, 0.15) is 11.0 Å². The van der Waals surface area contributed by atoms with Crippen LogP contribution in [-0.2, 0) is 19.1 Å². The van der Waals surface area contributed by atoms with Gasteiger partial charge in [0.2, 0.25) is 0 Å². The number of allylic oxidation sites excluding steroid dienone is 1. The second kappa shape index (κ2) is 4.67. The minimum Gasteiger partial charge on any atom is -0.459 e. The molecule has 0 saturated carbocycles. The van der Waals surface area contributed by atoms with E-state index in [1.54, 1.807) is 27.7 Å². The second-order valence-electron chi connectivity index (χ2n) is 5.83. The summed E-state index contributed by atoms with van der Waals surface area (Å²) in [5.74, 6) is -1.29. The van der Waals surface area contributed by atoms with Crippen LogP contribution in [0.5, 0.6) is 0 Å². The standard InChI is InChI=1S/C14H20O4/c1-9-8-11(16)6-7-14(9,10(2)15)12(17)18-13(3,4)5/h6-7,9H,8H2,1-5H3/t9-,14-/m1/s1. The summed E-state index contributed by atoms with van der Waals surface area (Å²) in [7, 11) is 0. The molecule has 2 atom stereocenters. The van der Waals surface area contributed by atoms with Gasteiger partial charge in [0.15, 0.2) is 11.6 Å². The molecule has 0 aromatic heterocycles. The van der Waals surface area contributed by atoms with Crippen molar-refractivity contribution in [3.05, 3.63) is 12.2 Å². The molecule has 4 heteroatoms. The molecule has 1 aliphatic rings. The van der Waals surface area contributed by atoms with Crippen LogP contribution in [0.15, 0.2) is 12.2 Å². The zero-order valence-corrected chi connectivity index (χ0v) is 11.6. The number of carbonyl (C=O) groups is 3. The molecule has 1 aliphatic carbocycles. The number of Topliss-reactive ketones (excluding diaryl/α,β-unsaturated/α-hetero) is 1. The summed E-state index contributed by atoms with van der Waals surface area (Å²) in [5.41, 5.74) is -1.98. The van der Waals surface area contributed by atoms with E-state index in [0.717, 1.165) is 0 Å². The maximum atomic E-state index is 12.3. The van der Waals surface area contributed by atoms with Gasteiger partial charge >= 0.3 is 5.97 Å². The zero-order valence-electron chi connectivity index (χ0n) is 11.6. The molecule has 0 saturated heterocycles. The number of carbonyl (C=O) groups excluding carboxylic acids is 3. The minimum absolute atomic E-state index is 0.0667. The molecule has 0 radical (unpaired) electrons. The van der Waals surface area contributed by atoms with Crippen LogP contribution in [0, 0.1) is 11.3 Å². The first-order chi connectivity index (χ1) is 8.09. The van der Waals surface area contributed by atoms with Crippen molar-refractivity contribution >= 4 is 17.5 Å². The molecule has 1 rings (SSSR count). The Kier molecular flexibility index (Phi) is 3.79. The molecule has 0 amide bonds. The van der Waals surface area contributed by atoms with Gasteiger partial charge in [-0.25, -0.2) is 0 Å². The van der Waals surface area contributed by atoms with E-state index in [9.17, 15) is 14.4 Å². The SMILES string of the molecule is CC(=O)[C@@]1(C(=O)OC(C)(C)C)C=CC(=O)C[C@H]1C. The zero-order chi connectivity index (χ0) is 14.1. The molecule has 4 nitrogen and oxygen atoms in total. The van der Waals surface area contributed by atoms with Crippen LogP contribution in [-0.4, -0.2) is 23.1 Å². The van der Waals surface area contributed by atoms with E-state index >= 15 is 0 Å². The van der Waals surface area contributed by atoms with Gasteiger partial charge in [-0.05, 0) is 39.7 Å². The Bertz CT molecular complexity index is 414. The summed E-state index contributed by atoms with van der Waals surface area (Å²) in [6.45, 7) is 8.34. The molecule has 0 bridgehead atoms. The molecule has 18 heavy (non-hydrogen) atoms. The minimum atomic E-state index is -1.32. The Morgan fingerprint density at radius 3 is 2.33 bits per heavy atom. The Balaban J connectivity index is 3.17. The predicted octanol–water partition coefficient (Wildman–Crippen LogP) is 2.07. The van der Waals surface area contributed by atoms with Crippen LogP contribution >= 0.6 is 0 Å². The van der Waals surface area contributed by atoms with Gasteiger partial charge in [-0.1, -0.05) is 13.0 Å². The number of hydrogen-bond acceptors (Lipinski definition) is 4. The van der Waals surface area contributed by atoms with Crippen molar-refractivity contribution < 1.29 is 19.1 Å².